The number of nitrogens with zero attached hydrogens (tertiary/aromatic N) is 4. The fourth-order valence-electron chi connectivity index (χ4n) is 3.42. The lowest BCUT2D eigenvalue weighted by atomic mass is 10.1. The number of benzene rings is 1. The quantitative estimate of drug-likeness (QED) is 0.683. The van der Waals surface area contributed by atoms with Gasteiger partial charge in [-0.3, -0.25) is 4.90 Å². The molecule has 1 aromatic carbocycles. The summed E-state index contributed by atoms with van der Waals surface area (Å²) in [5, 5.41) is 4.50. The third-order valence-corrected chi connectivity index (χ3v) is 4.77. The average molecular weight is 352 g/mol. The van der Waals surface area contributed by atoms with Gasteiger partial charge >= 0.3 is 0 Å². The van der Waals surface area contributed by atoms with E-state index in [0.717, 1.165) is 61.6 Å². The van der Waals surface area contributed by atoms with Crippen LogP contribution in [0.25, 0.3) is 16.8 Å². The lowest BCUT2D eigenvalue weighted by molar-refractivity contribution is -0.0433. The molecule has 1 fully saturated rings. The third-order valence-electron chi connectivity index (χ3n) is 4.77. The van der Waals surface area contributed by atoms with Gasteiger partial charge in [-0.1, -0.05) is 30.3 Å². The van der Waals surface area contributed by atoms with Crippen molar-refractivity contribution in [2.45, 2.75) is 19.1 Å². The largest absolute Gasteiger partial charge is 0.385 e. The molecule has 1 atom stereocenters. The monoisotopic (exact) mass is 352 g/mol. The Kier molecular flexibility index (Phi) is 5.24. The van der Waals surface area contributed by atoms with Gasteiger partial charge in [0, 0.05) is 56.9 Å². The van der Waals surface area contributed by atoms with Crippen molar-refractivity contribution in [1.82, 2.24) is 19.5 Å². The average Bonchev–Trinajstić information content (AvgIpc) is 3.10. The minimum Gasteiger partial charge on any atom is -0.385 e. The third kappa shape index (κ3) is 3.77. The van der Waals surface area contributed by atoms with E-state index < -0.39 is 0 Å². The summed E-state index contributed by atoms with van der Waals surface area (Å²) in [6.07, 6.45) is 7.10. The second kappa shape index (κ2) is 7.95. The Labute approximate surface area is 153 Å². The molecule has 136 valence electrons. The second-order valence-corrected chi connectivity index (χ2v) is 6.66. The van der Waals surface area contributed by atoms with Crippen molar-refractivity contribution in [3.8, 4) is 11.1 Å². The molecule has 3 heterocycles. The van der Waals surface area contributed by atoms with Gasteiger partial charge in [-0.05, 0) is 12.0 Å². The summed E-state index contributed by atoms with van der Waals surface area (Å²) in [7, 11) is 1.73. The molecule has 0 N–H and O–H groups in total. The zero-order chi connectivity index (χ0) is 17.8. The van der Waals surface area contributed by atoms with Crippen molar-refractivity contribution in [1.29, 1.82) is 0 Å². The van der Waals surface area contributed by atoms with Crippen molar-refractivity contribution in [3.63, 3.8) is 0 Å². The molecule has 0 aliphatic carbocycles. The van der Waals surface area contributed by atoms with Crippen LogP contribution in [-0.2, 0) is 16.0 Å². The van der Waals surface area contributed by atoms with E-state index in [1.54, 1.807) is 7.11 Å². The SMILES string of the molecule is COCC[C@H]1CN(Cc2cnc3c(-c4ccccc4)cnn3c2)CCO1. The zero-order valence-electron chi connectivity index (χ0n) is 15.0. The lowest BCUT2D eigenvalue weighted by Gasteiger charge is -2.32. The number of aromatic nitrogens is 3. The topological polar surface area (TPSA) is 51.9 Å². The summed E-state index contributed by atoms with van der Waals surface area (Å²) in [5.74, 6) is 0. The predicted octanol–water partition coefficient (Wildman–Crippen LogP) is 2.63. The van der Waals surface area contributed by atoms with E-state index in [9.17, 15) is 0 Å². The van der Waals surface area contributed by atoms with E-state index in [1.807, 2.05) is 35.1 Å². The summed E-state index contributed by atoms with van der Waals surface area (Å²) in [6, 6.07) is 10.3. The van der Waals surface area contributed by atoms with Crippen molar-refractivity contribution >= 4 is 5.65 Å². The summed E-state index contributed by atoms with van der Waals surface area (Å²) >= 11 is 0. The van der Waals surface area contributed by atoms with Crippen LogP contribution in [-0.4, -0.2) is 59.0 Å². The van der Waals surface area contributed by atoms with Gasteiger partial charge in [-0.2, -0.15) is 5.10 Å². The number of hydrogen-bond donors (Lipinski definition) is 0. The van der Waals surface area contributed by atoms with Gasteiger partial charge in [0.2, 0.25) is 0 Å². The molecular formula is C20H24N4O2. The maximum atomic E-state index is 5.82. The van der Waals surface area contributed by atoms with E-state index in [-0.39, 0.29) is 6.10 Å². The lowest BCUT2D eigenvalue weighted by Crippen LogP contribution is -2.42. The van der Waals surface area contributed by atoms with E-state index in [2.05, 4.69) is 33.3 Å². The van der Waals surface area contributed by atoms with Crippen LogP contribution in [0.3, 0.4) is 0 Å². The van der Waals surface area contributed by atoms with Crippen LogP contribution in [0, 0.1) is 0 Å². The first-order valence-corrected chi connectivity index (χ1v) is 9.04. The molecule has 0 saturated carbocycles. The summed E-state index contributed by atoms with van der Waals surface area (Å²) < 4.78 is 12.9. The molecule has 0 radical (unpaired) electrons. The molecule has 1 aliphatic rings. The Hall–Kier alpha value is -2.28. The van der Waals surface area contributed by atoms with Crippen molar-refractivity contribution < 1.29 is 9.47 Å². The molecule has 2 aromatic heterocycles. The highest BCUT2D eigenvalue weighted by molar-refractivity contribution is 5.76. The highest BCUT2D eigenvalue weighted by atomic mass is 16.5. The van der Waals surface area contributed by atoms with Crippen molar-refractivity contribution in [2.75, 3.05) is 33.4 Å². The normalized spacial score (nSPS) is 18.4. The van der Waals surface area contributed by atoms with Crippen molar-refractivity contribution in [3.05, 3.63) is 54.5 Å². The molecule has 0 bridgehead atoms. The number of rotatable bonds is 6. The van der Waals surface area contributed by atoms with Crippen LogP contribution in [0.15, 0.2) is 48.9 Å². The first-order valence-electron chi connectivity index (χ1n) is 9.04. The van der Waals surface area contributed by atoms with Crippen LogP contribution in [0.2, 0.25) is 0 Å². The Morgan fingerprint density at radius 1 is 1.23 bits per heavy atom. The van der Waals surface area contributed by atoms with Gasteiger partial charge in [-0.25, -0.2) is 9.50 Å². The molecule has 6 heteroatoms. The summed E-state index contributed by atoms with van der Waals surface area (Å²) in [5.41, 5.74) is 4.24. The summed E-state index contributed by atoms with van der Waals surface area (Å²) in [4.78, 5) is 7.09. The molecule has 6 nitrogen and oxygen atoms in total. The number of ether oxygens (including phenoxy) is 2. The standard InChI is InChI=1S/C20H24N4O2/c1-25-9-7-18-15-23(8-10-26-18)13-16-11-21-20-19(12-22-24(20)14-16)17-5-3-2-4-6-17/h2-6,11-12,14,18H,7-10,13,15H2,1H3/t18-/m0/s1. The molecule has 0 spiro atoms. The van der Waals surface area contributed by atoms with Gasteiger partial charge in [0.1, 0.15) is 0 Å². The minimum absolute atomic E-state index is 0.245. The van der Waals surface area contributed by atoms with Crippen LogP contribution in [0.1, 0.15) is 12.0 Å². The van der Waals surface area contributed by atoms with E-state index in [0.29, 0.717) is 0 Å². The molecule has 4 rings (SSSR count). The Morgan fingerprint density at radius 2 is 2.12 bits per heavy atom. The highest BCUT2D eigenvalue weighted by Gasteiger charge is 2.20. The number of hydrogen-bond acceptors (Lipinski definition) is 5. The Morgan fingerprint density at radius 3 is 2.96 bits per heavy atom. The first-order chi connectivity index (χ1) is 12.8. The molecule has 0 amide bonds. The fourth-order valence-corrected chi connectivity index (χ4v) is 3.42. The maximum absolute atomic E-state index is 5.82. The fraction of sp³-hybridized carbons (Fsp3) is 0.400. The zero-order valence-corrected chi connectivity index (χ0v) is 15.0. The highest BCUT2D eigenvalue weighted by Crippen LogP contribution is 2.23. The van der Waals surface area contributed by atoms with Gasteiger partial charge in [0.15, 0.2) is 5.65 Å². The van der Waals surface area contributed by atoms with Crippen LogP contribution in [0.4, 0.5) is 0 Å². The molecular weight excluding hydrogens is 328 g/mol. The maximum Gasteiger partial charge on any atom is 0.162 e. The minimum atomic E-state index is 0.245. The summed E-state index contributed by atoms with van der Waals surface area (Å²) in [6.45, 7) is 4.23. The molecule has 1 saturated heterocycles. The van der Waals surface area contributed by atoms with Crippen LogP contribution >= 0.6 is 0 Å². The predicted molar refractivity (Wildman–Crippen MR) is 99.9 cm³/mol. The van der Waals surface area contributed by atoms with Crippen LogP contribution in [0.5, 0.6) is 0 Å². The Balaban J connectivity index is 1.48. The van der Waals surface area contributed by atoms with Gasteiger partial charge in [-0.15, -0.1) is 0 Å². The van der Waals surface area contributed by atoms with E-state index in [1.165, 1.54) is 0 Å². The molecule has 26 heavy (non-hydrogen) atoms. The number of fused-ring (bicyclic) bond motifs is 1. The molecule has 3 aromatic rings. The Bertz CT molecular complexity index is 849. The first kappa shape index (κ1) is 17.1. The van der Waals surface area contributed by atoms with Gasteiger partial charge in [0.05, 0.1) is 18.9 Å². The van der Waals surface area contributed by atoms with E-state index in [4.69, 9.17) is 9.47 Å². The van der Waals surface area contributed by atoms with Gasteiger partial charge < -0.3 is 9.47 Å². The molecule has 0 unspecified atom stereocenters. The smallest absolute Gasteiger partial charge is 0.162 e. The van der Waals surface area contributed by atoms with E-state index >= 15 is 0 Å². The molecule has 1 aliphatic heterocycles. The number of morpholine rings is 1. The number of methoxy groups -OCH3 is 1. The van der Waals surface area contributed by atoms with Crippen LogP contribution < -0.4 is 0 Å². The van der Waals surface area contributed by atoms with Crippen molar-refractivity contribution in [2.24, 2.45) is 0 Å². The second-order valence-electron chi connectivity index (χ2n) is 6.66. The van der Waals surface area contributed by atoms with Gasteiger partial charge in [0.25, 0.3) is 0 Å².